The zero-order valence-corrected chi connectivity index (χ0v) is 50.7. The average Bonchev–Trinajstić information content (AvgIpc) is 3.36. The molecule has 0 aromatic carbocycles. The first kappa shape index (κ1) is 72.2. The summed E-state index contributed by atoms with van der Waals surface area (Å²) in [6.45, 7) is 6.94. The van der Waals surface area contributed by atoms with Crippen molar-refractivity contribution in [2.24, 2.45) is 0 Å². The largest absolute Gasteiger partial charge is 0.472 e. The van der Waals surface area contributed by atoms with Crippen LogP contribution in [-0.2, 0) is 27.9 Å². The molecular weight excluding hydrogens is 940 g/mol. The van der Waals surface area contributed by atoms with Gasteiger partial charge in [-0.25, -0.2) is 4.57 Å². The van der Waals surface area contributed by atoms with E-state index in [1.54, 1.807) is 0 Å². The number of hydrogen-bond acceptors (Lipinski definition) is 6. The van der Waals surface area contributed by atoms with Gasteiger partial charge in [0.1, 0.15) is 19.3 Å². The molecule has 0 aromatic rings. The van der Waals surface area contributed by atoms with Gasteiger partial charge in [0.15, 0.2) is 0 Å². The van der Waals surface area contributed by atoms with Crippen molar-refractivity contribution in [1.29, 1.82) is 0 Å². The number of ether oxygens (including phenoxy) is 1. The highest BCUT2D eigenvalue weighted by Gasteiger charge is 2.30. The fraction of sp³-hybridized carbons (Fsp3) is 0.875. The van der Waals surface area contributed by atoms with Gasteiger partial charge < -0.3 is 19.4 Å². The highest BCUT2D eigenvalue weighted by molar-refractivity contribution is 7.47. The molecule has 0 aliphatic heterocycles. The molecule has 3 atom stereocenters. The number of allylic oxidation sites excluding steroid dienone is 5. The number of hydrogen-bond donors (Lipinski definition) is 2. The number of carbonyl (C=O) groups is 2. The van der Waals surface area contributed by atoms with Gasteiger partial charge in [0.2, 0.25) is 5.91 Å². The lowest BCUT2D eigenvalue weighted by Crippen LogP contribution is -2.47. The maximum Gasteiger partial charge on any atom is 0.472 e. The quantitative estimate of drug-likeness (QED) is 0.0205. The highest BCUT2D eigenvalue weighted by atomic mass is 31.2. The summed E-state index contributed by atoms with van der Waals surface area (Å²) in [6.07, 6.45) is 65.7. The van der Waals surface area contributed by atoms with Gasteiger partial charge in [-0.05, 0) is 57.4 Å². The molecule has 2 N–H and O–H groups in total. The van der Waals surface area contributed by atoms with Crippen molar-refractivity contribution >= 4 is 19.7 Å². The van der Waals surface area contributed by atoms with E-state index in [2.05, 4.69) is 50.4 Å². The van der Waals surface area contributed by atoms with Gasteiger partial charge in [0.25, 0.3) is 0 Å². The smallest absolute Gasteiger partial charge is 0.456 e. The number of esters is 1. The molecule has 0 radical (unpaired) electrons. The number of likely N-dealkylation sites (N-methyl/N-ethyl adjacent to an activating group) is 1. The van der Waals surface area contributed by atoms with Crippen molar-refractivity contribution in [3.63, 3.8) is 0 Å². The van der Waals surface area contributed by atoms with Crippen LogP contribution >= 0.6 is 7.82 Å². The molecule has 1 amide bonds. The van der Waals surface area contributed by atoms with Crippen LogP contribution in [0.25, 0.3) is 0 Å². The van der Waals surface area contributed by atoms with E-state index in [-0.39, 0.29) is 31.5 Å². The van der Waals surface area contributed by atoms with Crippen molar-refractivity contribution in [3.8, 4) is 0 Å². The predicted octanol–water partition coefficient (Wildman–Crippen LogP) is 19.5. The molecule has 0 bridgehead atoms. The second kappa shape index (κ2) is 54.6. The molecule has 3 unspecified atom stereocenters. The number of nitrogens with zero attached hydrogens (tertiary/aromatic N) is 1. The van der Waals surface area contributed by atoms with Crippen LogP contribution in [0.3, 0.4) is 0 Å². The molecule has 0 saturated carbocycles. The van der Waals surface area contributed by atoms with Crippen LogP contribution in [0.5, 0.6) is 0 Å². The number of phosphoric acid groups is 1. The van der Waals surface area contributed by atoms with Crippen molar-refractivity contribution in [3.05, 3.63) is 36.5 Å². The molecule has 0 aliphatic carbocycles. The first-order chi connectivity index (χ1) is 35.9. The minimum atomic E-state index is -4.45. The van der Waals surface area contributed by atoms with Crippen LogP contribution in [0.4, 0.5) is 0 Å². The molecule has 0 rings (SSSR count). The summed E-state index contributed by atoms with van der Waals surface area (Å²) in [5, 5.41) is 3.06. The Hall–Kier alpha value is -1.77. The number of unbranched alkanes of at least 4 members (excludes halogenated alkanes) is 38. The Kier molecular flexibility index (Phi) is 53.3. The Labute approximate surface area is 459 Å². The molecular formula is C64H124N2O7P+. The molecule has 9 nitrogen and oxygen atoms in total. The standard InChI is InChI=1S/C64H123N2O7P/c1-7-10-13-16-19-22-25-28-30-31-32-33-34-35-36-38-41-44-47-50-53-56-63(67)65-61(60-72-74(69,70)71-59-58-66(4,5)6)62(55-52-49-46-43-40-37-27-24-21-18-15-12-9-3)73-64(68)57-54-51-48-45-42-39-29-26-23-20-17-14-11-8-2/h11,14,20,23,52,55,61-62H,7-10,12-13,15-19,21-22,24-51,53-54,56-60H2,1-6H3,(H-,65,67,69,70)/p+1/b14-11+,23-20+,55-52+. The topological polar surface area (TPSA) is 111 Å². The fourth-order valence-corrected chi connectivity index (χ4v) is 10.2. The molecule has 0 aliphatic rings. The van der Waals surface area contributed by atoms with Gasteiger partial charge in [0.05, 0.1) is 33.8 Å². The first-order valence-corrected chi connectivity index (χ1v) is 33.3. The van der Waals surface area contributed by atoms with E-state index in [4.69, 9.17) is 13.8 Å². The van der Waals surface area contributed by atoms with E-state index >= 15 is 0 Å². The second-order valence-electron chi connectivity index (χ2n) is 22.9. The maximum atomic E-state index is 13.6. The van der Waals surface area contributed by atoms with Gasteiger partial charge in [-0.3, -0.25) is 18.6 Å². The third kappa shape index (κ3) is 55.0. The van der Waals surface area contributed by atoms with Crippen LogP contribution in [-0.4, -0.2) is 74.3 Å². The van der Waals surface area contributed by atoms with E-state index in [1.165, 1.54) is 193 Å². The molecule has 0 spiro atoms. The highest BCUT2D eigenvalue weighted by Crippen LogP contribution is 2.43. The second-order valence-corrected chi connectivity index (χ2v) is 24.4. The van der Waals surface area contributed by atoms with Crippen LogP contribution in [0.1, 0.15) is 310 Å². The van der Waals surface area contributed by atoms with Gasteiger partial charge in [-0.15, -0.1) is 0 Å². The van der Waals surface area contributed by atoms with E-state index in [1.807, 2.05) is 33.3 Å². The summed E-state index contributed by atoms with van der Waals surface area (Å²) in [6, 6.07) is -0.847. The van der Waals surface area contributed by atoms with Gasteiger partial charge in [0, 0.05) is 12.8 Å². The predicted molar refractivity (Wildman–Crippen MR) is 319 cm³/mol. The van der Waals surface area contributed by atoms with E-state index in [0.29, 0.717) is 17.4 Å². The first-order valence-electron chi connectivity index (χ1n) is 31.8. The Morgan fingerprint density at radius 1 is 0.486 bits per heavy atom. The van der Waals surface area contributed by atoms with Crippen LogP contribution in [0.15, 0.2) is 36.5 Å². The summed E-state index contributed by atoms with van der Waals surface area (Å²) >= 11 is 0. The average molecular weight is 1060 g/mol. The van der Waals surface area contributed by atoms with Gasteiger partial charge in [-0.1, -0.05) is 276 Å². The monoisotopic (exact) mass is 1060 g/mol. The van der Waals surface area contributed by atoms with Crippen LogP contribution in [0.2, 0.25) is 0 Å². The molecule has 10 heteroatoms. The lowest BCUT2D eigenvalue weighted by atomic mass is 10.0. The number of nitrogens with one attached hydrogen (secondary N) is 1. The van der Waals surface area contributed by atoms with Gasteiger partial charge >= 0.3 is 13.8 Å². The van der Waals surface area contributed by atoms with E-state index in [0.717, 1.165) is 83.5 Å². The summed E-state index contributed by atoms with van der Waals surface area (Å²) in [5.74, 6) is -0.500. The van der Waals surface area contributed by atoms with Crippen molar-refractivity contribution in [1.82, 2.24) is 5.32 Å². The normalized spacial score (nSPS) is 13.9. The zero-order valence-electron chi connectivity index (χ0n) is 49.9. The molecule has 0 heterocycles. The van der Waals surface area contributed by atoms with Crippen molar-refractivity contribution in [2.45, 2.75) is 322 Å². The van der Waals surface area contributed by atoms with Crippen LogP contribution in [0, 0.1) is 0 Å². The summed E-state index contributed by atoms with van der Waals surface area (Å²) in [7, 11) is 1.50. The number of carbonyl (C=O) groups excluding carboxylic acids is 2. The number of phosphoric ester groups is 1. The molecule has 0 fully saturated rings. The summed E-state index contributed by atoms with van der Waals surface area (Å²) < 4.78 is 30.7. The Bertz CT molecular complexity index is 1360. The number of amides is 1. The lowest BCUT2D eigenvalue weighted by Gasteiger charge is -2.27. The third-order valence-electron chi connectivity index (χ3n) is 14.3. The van der Waals surface area contributed by atoms with Crippen LogP contribution < -0.4 is 5.32 Å². The third-order valence-corrected chi connectivity index (χ3v) is 15.3. The molecule has 436 valence electrons. The SMILES string of the molecule is CC/C=C/C/C=C/CCCCCCCCCC(=O)OC(/C=C/CCCCCCCCCCCCC)C(COP(=O)(O)OCC[N+](C)(C)C)NC(=O)CCCCCCCCCCCCCCCCCCCCCCC. The molecule has 74 heavy (non-hydrogen) atoms. The Morgan fingerprint density at radius 3 is 1.28 bits per heavy atom. The van der Waals surface area contributed by atoms with Crippen molar-refractivity contribution in [2.75, 3.05) is 40.9 Å². The number of rotatable bonds is 58. The minimum absolute atomic E-state index is 0.0413. The molecule has 0 saturated heterocycles. The summed E-state index contributed by atoms with van der Waals surface area (Å²) in [5.41, 5.74) is 0. The van der Waals surface area contributed by atoms with Crippen molar-refractivity contribution < 1.29 is 37.3 Å². The Morgan fingerprint density at radius 2 is 0.865 bits per heavy atom. The summed E-state index contributed by atoms with van der Waals surface area (Å²) in [4.78, 5) is 37.7. The number of quaternary nitrogens is 1. The fourth-order valence-electron chi connectivity index (χ4n) is 9.45. The zero-order chi connectivity index (χ0) is 54.3. The molecule has 0 aromatic heterocycles. The van der Waals surface area contributed by atoms with E-state index in [9.17, 15) is 19.0 Å². The van der Waals surface area contributed by atoms with E-state index < -0.39 is 20.0 Å². The van der Waals surface area contributed by atoms with Gasteiger partial charge in [-0.2, -0.15) is 0 Å². The lowest BCUT2D eigenvalue weighted by molar-refractivity contribution is -0.870. The maximum absolute atomic E-state index is 13.6. The minimum Gasteiger partial charge on any atom is -0.456 e. The Balaban J connectivity index is 5.18.